The average molecular weight is 328 g/mol. The van der Waals surface area contributed by atoms with Gasteiger partial charge >= 0.3 is 0 Å². The van der Waals surface area contributed by atoms with Gasteiger partial charge in [-0.1, -0.05) is 12.1 Å². The Balaban J connectivity index is 1.55. The van der Waals surface area contributed by atoms with Crippen LogP contribution in [0.25, 0.3) is 0 Å². The summed E-state index contributed by atoms with van der Waals surface area (Å²) in [5, 5.41) is 2.81. The molecule has 2 heterocycles. The van der Waals surface area contributed by atoms with Crippen LogP contribution in [0.2, 0.25) is 0 Å². The summed E-state index contributed by atoms with van der Waals surface area (Å²) in [7, 11) is 1.61. The molecule has 7 heteroatoms. The van der Waals surface area contributed by atoms with Crippen LogP contribution in [0.5, 0.6) is 5.75 Å². The van der Waals surface area contributed by atoms with E-state index in [1.165, 1.54) is 0 Å². The fraction of sp³-hybridized carbons (Fsp3) is 0.353. The van der Waals surface area contributed by atoms with Crippen molar-refractivity contribution < 1.29 is 14.3 Å². The third-order valence-electron chi connectivity index (χ3n) is 3.74. The van der Waals surface area contributed by atoms with E-state index in [1.54, 1.807) is 19.5 Å². The minimum absolute atomic E-state index is 0.108. The molecule has 3 rings (SSSR count). The highest BCUT2D eigenvalue weighted by molar-refractivity contribution is 5.92. The van der Waals surface area contributed by atoms with Crippen molar-refractivity contribution in [3.05, 3.63) is 42.2 Å². The Hall–Kier alpha value is -2.67. The van der Waals surface area contributed by atoms with Crippen molar-refractivity contribution >= 4 is 17.5 Å². The van der Waals surface area contributed by atoms with Crippen LogP contribution >= 0.6 is 0 Å². The second-order valence-corrected chi connectivity index (χ2v) is 5.44. The number of carbonyl (C=O) groups is 1. The van der Waals surface area contributed by atoms with Gasteiger partial charge < -0.3 is 19.7 Å². The third-order valence-corrected chi connectivity index (χ3v) is 3.74. The van der Waals surface area contributed by atoms with Gasteiger partial charge in [-0.25, -0.2) is 9.97 Å². The summed E-state index contributed by atoms with van der Waals surface area (Å²) in [4.78, 5) is 22.8. The molecule has 1 N–H and O–H groups in total. The number of methoxy groups -OCH3 is 1. The molecule has 0 saturated carbocycles. The second-order valence-electron chi connectivity index (χ2n) is 5.44. The zero-order valence-corrected chi connectivity index (χ0v) is 13.6. The highest BCUT2D eigenvalue weighted by atomic mass is 16.5. The first kappa shape index (κ1) is 16.2. The summed E-state index contributed by atoms with van der Waals surface area (Å²) >= 11 is 0. The summed E-state index contributed by atoms with van der Waals surface area (Å²) in [5.41, 5.74) is 1.50. The van der Waals surface area contributed by atoms with Crippen LogP contribution in [0.4, 0.5) is 11.6 Å². The maximum atomic E-state index is 12.1. The monoisotopic (exact) mass is 328 g/mol. The number of anilines is 2. The standard InChI is InChI=1S/C17H20N4O3/c1-23-15-4-2-13(3-5-15)10-16(22)20-14-11-18-17(19-12-14)21-6-8-24-9-7-21/h2-5,11-12H,6-10H2,1H3,(H,20,22). The fourth-order valence-corrected chi connectivity index (χ4v) is 2.45. The lowest BCUT2D eigenvalue weighted by atomic mass is 10.1. The van der Waals surface area contributed by atoms with E-state index >= 15 is 0 Å². The van der Waals surface area contributed by atoms with Crippen LogP contribution in [0.3, 0.4) is 0 Å². The van der Waals surface area contributed by atoms with Gasteiger partial charge in [-0.3, -0.25) is 4.79 Å². The van der Waals surface area contributed by atoms with Crippen molar-refractivity contribution in [2.24, 2.45) is 0 Å². The van der Waals surface area contributed by atoms with Crippen LogP contribution in [-0.4, -0.2) is 49.3 Å². The molecule has 1 aromatic heterocycles. The van der Waals surface area contributed by atoms with Gasteiger partial charge in [0.1, 0.15) is 5.75 Å². The minimum Gasteiger partial charge on any atom is -0.497 e. The molecular formula is C17H20N4O3. The molecule has 1 aliphatic heterocycles. The van der Waals surface area contributed by atoms with Crippen molar-refractivity contribution in [1.82, 2.24) is 9.97 Å². The molecule has 7 nitrogen and oxygen atoms in total. The quantitative estimate of drug-likeness (QED) is 0.896. The molecule has 0 bridgehead atoms. The van der Waals surface area contributed by atoms with E-state index in [1.807, 2.05) is 24.3 Å². The minimum atomic E-state index is -0.108. The molecule has 126 valence electrons. The van der Waals surface area contributed by atoms with Gasteiger partial charge in [-0.15, -0.1) is 0 Å². The van der Waals surface area contributed by atoms with Crippen LogP contribution in [-0.2, 0) is 16.0 Å². The van der Waals surface area contributed by atoms with Crippen molar-refractivity contribution in [3.8, 4) is 5.75 Å². The van der Waals surface area contributed by atoms with Crippen molar-refractivity contribution in [1.29, 1.82) is 0 Å². The zero-order valence-electron chi connectivity index (χ0n) is 13.6. The SMILES string of the molecule is COc1ccc(CC(=O)Nc2cnc(N3CCOCC3)nc2)cc1. The van der Waals surface area contributed by atoms with Gasteiger partial charge in [0.15, 0.2) is 0 Å². The lowest BCUT2D eigenvalue weighted by Crippen LogP contribution is -2.37. The number of hydrogen-bond donors (Lipinski definition) is 1. The maximum absolute atomic E-state index is 12.1. The predicted octanol–water partition coefficient (Wildman–Crippen LogP) is 1.50. The molecule has 2 aromatic rings. The molecule has 1 aliphatic rings. The number of carbonyl (C=O) groups excluding carboxylic acids is 1. The number of ether oxygens (including phenoxy) is 2. The first-order valence-corrected chi connectivity index (χ1v) is 7.82. The first-order chi connectivity index (χ1) is 11.7. The van der Waals surface area contributed by atoms with E-state index in [9.17, 15) is 4.79 Å². The predicted molar refractivity (Wildman–Crippen MR) is 90.4 cm³/mol. The summed E-state index contributed by atoms with van der Waals surface area (Å²) in [6, 6.07) is 7.42. The first-order valence-electron chi connectivity index (χ1n) is 7.82. The number of nitrogens with zero attached hydrogens (tertiary/aromatic N) is 3. The van der Waals surface area contributed by atoms with Gasteiger partial charge in [-0.2, -0.15) is 0 Å². The van der Waals surface area contributed by atoms with Gasteiger partial charge in [0, 0.05) is 13.1 Å². The Morgan fingerprint density at radius 2 is 1.88 bits per heavy atom. The van der Waals surface area contributed by atoms with Crippen molar-refractivity contribution in [3.63, 3.8) is 0 Å². The van der Waals surface area contributed by atoms with Crippen LogP contribution in [0, 0.1) is 0 Å². The fourth-order valence-electron chi connectivity index (χ4n) is 2.45. The van der Waals surface area contributed by atoms with E-state index in [-0.39, 0.29) is 12.3 Å². The highest BCUT2D eigenvalue weighted by Crippen LogP contribution is 2.14. The largest absolute Gasteiger partial charge is 0.497 e. The Labute approximate surface area is 140 Å². The second kappa shape index (κ2) is 7.74. The number of nitrogens with one attached hydrogen (secondary N) is 1. The maximum Gasteiger partial charge on any atom is 0.228 e. The summed E-state index contributed by atoms with van der Waals surface area (Å²) in [6.07, 6.45) is 3.54. The lowest BCUT2D eigenvalue weighted by Gasteiger charge is -2.26. The molecule has 0 atom stereocenters. The summed E-state index contributed by atoms with van der Waals surface area (Å²) in [5.74, 6) is 1.32. The van der Waals surface area contributed by atoms with Gasteiger partial charge in [0.25, 0.3) is 0 Å². The summed E-state index contributed by atoms with van der Waals surface area (Å²) in [6.45, 7) is 2.93. The molecule has 0 aliphatic carbocycles. The van der Waals surface area contributed by atoms with Crippen molar-refractivity contribution in [2.75, 3.05) is 43.6 Å². The van der Waals surface area contributed by atoms with E-state index in [0.29, 0.717) is 24.8 Å². The smallest absolute Gasteiger partial charge is 0.228 e. The molecule has 1 amide bonds. The number of hydrogen-bond acceptors (Lipinski definition) is 6. The highest BCUT2D eigenvalue weighted by Gasteiger charge is 2.13. The molecule has 1 fully saturated rings. The number of amides is 1. The lowest BCUT2D eigenvalue weighted by molar-refractivity contribution is -0.115. The van der Waals surface area contributed by atoms with Gasteiger partial charge in [0.2, 0.25) is 11.9 Å². The van der Waals surface area contributed by atoms with E-state index < -0.39 is 0 Å². The van der Waals surface area contributed by atoms with Gasteiger partial charge in [-0.05, 0) is 17.7 Å². The molecule has 1 saturated heterocycles. The van der Waals surface area contributed by atoms with Crippen LogP contribution < -0.4 is 15.0 Å². The Morgan fingerprint density at radius 3 is 2.50 bits per heavy atom. The molecule has 0 radical (unpaired) electrons. The van der Waals surface area contributed by atoms with Crippen LogP contribution in [0.15, 0.2) is 36.7 Å². The number of rotatable bonds is 5. The molecule has 0 spiro atoms. The topological polar surface area (TPSA) is 76.6 Å². The molecule has 1 aromatic carbocycles. The van der Waals surface area contributed by atoms with E-state index in [2.05, 4.69) is 20.2 Å². The Kier molecular flexibility index (Phi) is 5.22. The van der Waals surface area contributed by atoms with E-state index in [0.717, 1.165) is 24.4 Å². The number of benzene rings is 1. The zero-order chi connectivity index (χ0) is 16.8. The number of aromatic nitrogens is 2. The molecule has 0 unspecified atom stereocenters. The molecule has 24 heavy (non-hydrogen) atoms. The molecular weight excluding hydrogens is 308 g/mol. The Morgan fingerprint density at radius 1 is 1.21 bits per heavy atom. The van der Waals surface area contributed by atoms with Crippen LogP contribution in [0.1, 0.15) is 5.56 Å². The number of morpholine rings is 1. The van der Waals surface area contributed by atoms with E-state index in [4.69, 9.17) is 9.47 Å². The van der Waals surface area contributed by atoms with Gasteiger partial charge in [0.05, 0.1) is 44.8 Å². The normalized spacial score (nSPS) is 14.3. The Bertz CT molecular complexity index is 667. The average Bonchev–Trinajstić information content (AvgIpc) is 2.64. The summed E-state index contributed by atoms with van der Waals surface area (Å²) < 4.78 is 10.4. The van der Waals surface area contributed by atoms with Crippen molar-refractivity contribution in [2.45, 2.75) is 6.42 Å². The third kappa shape index (κ3) is 4.20.